The summed E-state index contributed by atoms with van der Waals surface area (Å²) in [5, 5.41) is 19.8. The van der Waals surface area contributed by atoms with Crippen LogP contribution in [0.4, 0.5) is 0 Å². The second-order valence-corrected chi connectivity index (χ2v) is 10.4. The van der Waals surface area contributed by atoms with E-state index >= 15 is 0 Å². The first-order chi connectivity index (χ1) is 15.9. The van der Waals surface area contributed by atoms with Gasteiger partial charge < -0.3 is 10.2 Å². The number of aliphatic hydroxyl groups excluding tert-OH is 2. The van der Waals surface area contributed by atoms with Gasteiger partial charge in [0.25, 0.3) is 0 Å². The topological polar surface area (TPSA) is 40.5 Å². The highest BCUT2D eigenvalue weighted by Gasteiger charge is 2.52. The molecule has 3 rings (SSSR count). The van der Waals surface area contributed by atoms with E-state index in [0.29, 0.717) is 5.41 Å². The maximum atomic E-state index is 10.1. The monoisotopic (exact) mass is 460 g/mol. The van der Waals surface area contributed by atoms with Gasteiger partial charge >= 0.3 is 0 Å². The zero-order chi connectivity index (χ0) is 25.0. The van der Waals surface area contributed by atoms with Gasteiger partial charge in [0.05, 0.1) is 12.2 Å². The van der Waals surface area contributed by atoms with Crippen LogP contribution in [0.25, 0.3) is 0 Å². The summed E-state index contributed by atoms with van der Waals surface area (Å²) in [5.74, 6) is 2.35. The van der Waals surface area contributed by atoms with E-state index in [-0.39, 0.29) is 12.2 Å². The second-order valence-electron chi connectivity index (χ2n) is 10.4. The molecule has 3 aliphatic rings. The first-order valence-electron chi connectivity index (χ1n) is 14.3. The Hall–Kier alpha value is -0.860. The average Bonchev–Trinajstić information content (AvgIpc) is 3.23. The summed E-state index contributed by atoms with van der Waals surface area (Å²) in [6.45, 7) is 18.8. The van der Waals surface area contributed by atoms with E-state index in [4.69, 9.17) is 0 Å². The van der Waals surface area contributed by atoms with Crippen molar-refractivity contribution in [3.63, 3.8) is 0 Å². The van der Waals surface area contributed by atoms with E-state index in [1.807, 2.05) is 34.6 Å². The third-order valence-electron chi connectivity index (χ3n) is 8.61. The Morgan fingerprint density at radius 3 is 2.33 bits per heavy atom. The fourth-order valence-corrected chi connectivity index (χ4v) is 6.92. The minimum atomic E-state index is -0.340. The lowest BCUT2D eigenvalue weighted by atomic mass is 9.58. The Labute approximate surface area is 206 Å². The van der Waals surface area contributed by atoms with E-state index in [2.05, 4.69) is 32.6 Å². The molecule has 0 bridgehead atoms. The van der Waals surface area contributed by atoms with Crippen molar-refractivity contribution < 1.29 is 10.2 Å². The van der Waals surface area contributed by atoms with Gasteiger partial charge in [0.15, 0.2) is 0 Å². The maximum Gasteiger partial charge on any atom is 0.0784 e. The van der Waals surface area contributed by atoms with Crippen LogP contribution in [0.5, 0.6) is 0 Å². The quantitative estimate of drug-likeness (QED) is 0.373. The molecule has 0 radical (unpaired) electrons. The first kappa shape index (κ1) is 30.2. The van der Waals surface area contributed by atoms with Gasteiger partial charge in [-0.1, -0.05) is 84.3 Å². The molecule has 2 heteroatoms. The number of aliphatic hydroxyl groups is 2. The van der Waals surface area contributed by atoms with Gasteiger partial charge in [0, 0.05) is 0 Å². The molecule has 0 aromatic rings. The van der Waals surface area contributed by atoms with Gasteiger partial charge in [-0.25, -0.2) is 0 Å². The van der Waals surface area contributed by atoms with E-state index in [1.54, 1.807) is 5.57 Å². The summed E-state index contributed by atoms with van der Waals surface area (Å²) in [6.07, 6.45) is 18.4. The largest absolute Gasteiger partial charge is 0.393 e. The fraction of sp³-hybridized carbons (Fsp3) is 0.806. The van der Waals surface area contributed by atoms with E-state index in [0.717, 1.165) is 55.4 Å². The van der Waals surface area contributed by atoms with Crippen LogP contribution < -0.4 is 0 Å². The smallest absolute Gasteiger partial charge is 0.0784 e. The molecule has 3 fully saturated rings. The minimum absolute atomic E-state index is 0.161. The SMILES string of the molecule is C=C1CC/C(=C/C=C2\CCCC3(CC)C2CCC3[C@@H](C)CCC[C@H](C)O)CC1O.CC.CC. The summed E-state index contributed by atoms with van der Waals surface area (Å²) in [7, 11) is 0. The van der Waals surface area contributed by atoms with Crippen molar-refractivity contribution in [2.24, 2.45) is 23.2 Å². The van der Waals surface area contributed by atoms with Gasteiger partial charge in [-0.05, 0) is 99.9 Å². The van der Waals surface area contributed by atoms with Crippen LogP contribution in [0.3, 0.4) is 0 Å². The number of hydrogen-bond acceptors (Lipinski definition) is 2. The molecule has 0 aliphatic heterocycles. The highest BCUT2D eigenvalue weighted by molar-refractivity contribution is 5.28. The van der Waals surface area contributed by atoms with Crippen molar-refractivity contribution in [2.75, 3.05) is 0 Å². The summed E-state index contributed by atoms with van der Waals surface area (Å²) in [6, 6.07) is 0. The molecule has 192 valence electrons. The normalized spacial score (nSPS) is 33.5. The number of fused-ring (bicyclic) bond motifs is 1. The van der Waals surface area contributed by atoms with Crippen molar-refractivity contribution >= 4 is 0 Å². The Bertz CT molecular complexity index is 629. The molecule has 3 saturated carbocycles. The van der Waals surface area contributed by atoms with Crippen LogP contribution >= 0.6 is 0 Å². The first-order valence-corrected chi connectivity index (χ1v) is 14.3. The van der Waals surface area contributed by atoms with Gasteiger partial charge in [0.1, 0.15) is 0 Å². The highest BCUT2D eigenvalue weighted by Crippen LogP contribution is 2.61. The van der Waals surface area contributed by atoms with E-state index < -0.39 is 0 Å². The van der Waals surface area contributed by atoms with Crippen molar-refractivity contribution in [3.05, 3.63) is 35.5 Å². The minimum Gasteiger partial charge on any atom is -0.393 e. The molecule has 0 aromatic heterocycles. The molecule has 0 aromatic carbocycles. The van der Waals surface area contributed by atoms with Crippen LogP contribution in [0.15, 0.2) is 35.5 Å². The summed E-state index contributed by atoms with van der Waals surface area (Å²) >= 11 is 0. The number of hydrogen-bond donors (Lipinski definition) is 2. The predicted molar refractivity (Wildman–Crippen MR) is 145 cm³/mol. The Morgan fingerprint density at radius 2 is 1.73 bits per heavy atom. The molecular weight excluding hydrogens is 404 g/mol. The Morgan fingerprint density at radius 1 is 1.03 bits per heavy atom. The summed E-state index contributed by atoms with van der Waals surface area (Å²) in [4.78, 5) is 0. The van der Waals surface area contributed by atoms with Gasteiger partial charge in [0.2, 0.25) is 0 Å². The standard InChI is InChI=1S/C27H44O2.2C2H6/c1-5-27-17-7-10-23(14-13-22-12-11-20(3)26(29)18-22)25(27)16-15-24(27)19(2)8-6-9-21(4)28;2*1-2/h13-14,19,21,24-26,28-29H,3,5-12,15-18H2,1-2,4H3;2*1-2H3/b22-13-,23-14+;;/t19-,21-,24?,25?,26?,27?;;/m0../s1. The molecule has 3 aliphatic carbocycles. The van der Waals surface area contributed by atoms with Crippen LogP contribution in [-0.2, 0) is 0 Å². The predicted octanol–water partition coefficient (Wildman–Crippen LogP) is 8.79. The van der Waals surface area contributed by atoms with E-state index in [1.165, 1.54) is 50.5 Å². The molecule has 4 unspecified atom stereocenters. The maximum absolute atomic E-state index is 10.1. The molecule has 0 heterocycles. The van der Waals surface area contributed by atoms with Crippen molar-refractivity contribution in [1.82, 2.24) is 0 Å². The highest BCUT2D eigenvalue weighted by atomic mass is 16.3. The van der Waals surface area contributed by atoms with Crippen LogP contribution in [0.1, 0.15) is 126 Å². The Balaban J connectivity index is 0.00000129. The lowest BCUT2D eigenvalue weighted by molar-refractivity contribution is 0.0655. The van der Waals surface area contributed by atoms with Crippen LogP contribution in [0.2, 0.25) is 0 Å². The molecular formula is C31H56O2. The molecule has 2 nitrogen and oxygen atoms in total. The third-order valence-corrected chi connectivity index (χ3v) is 8.61. The summed E-state index contributed by atoms with van der Waals surface area (Å²) < 4.78 is 0. The fourth-order valence-electron chi connectivity index (χ4n) is 6.92. The van der Waals surface area contributed by atoms with Gasteiger partial charge in [-0.15, -0.1) is 0 Å². The van der Waals surface area contributed by atoms with Gasteiger partial charge in [-0.3, -0.25) is 0 Å². The van der Waals surface area contributed by atoms with Crippen LogP contribution in [-0.4, -0.2) is 22.4 Å². The zero-order valence-electron chi connectivity index (χ0n) is 23.1. The molecule has 33 heavy (non-hydrogen) atoms. The number of rotatable bonds is 7. The number of allylic oxidation sites excluding steroid dienone is 3. The second kappa shape index (κ2) is 15.2. The van der Waals surface area contributed by atoms with Crippen molar-refractivity contribution in [2.45, 2.75) is 138 Å². The molecule has 6 atom stereocenters. The lowest BCUT2D eigenvalue weighted by Crippen LogP contribution is -2.38. The Kier molecular flexibility index (Phi) is 13.9. The zero-order valence-corrected chi connectivity index (χ0v) is 23.1. The molecule has 0 amide bonds. The summed E-state index contributed by atoms with van der Waals surface area (Å²) in [5.41, 5.74) is 4.57. The van der Waals surface area contributed by atoms with E-state index in [9.17, 15) is 10.2 Å². The molecule has 0 spiro atoms. The van der Waals surface area contributed by atoms with Crippen molar-refractivity contribution in [3.8, 4) is 0 Å². The molecule has 2 N–H and O–H groups in total. The van der Waals surface area contributed by atoms with Gasteiger partial charge in [-0.2, -0.15) is 0 Å². The third kappa shape index (κ3) is 7.82. The molecule has 0 saturated heterocycles. The van der Waals surface area contributed by atoms with Crippen LogP contribution in [0, 0.1) is 23.2 Å². The average molecular weight is 461 g/mol. The van der Waals surface area contributed by atoms with Crippen molar-refractivity contribution in [1.29, 1.82) is 0 Å². The lowest BCUT2D eigenvalue weighted by Gasteiger charge is -2.46.